The highest BCUT2D eigenvalue weighted by Crippen LogP contribution is 2.67. The van der Waals surface area contributed by atoms with Crippen LogP contribution in [0.1, 0.15) is 45.1 Å². The maximum absolute atomic E-state index is 10.8. The molecule has 3 saturated carbocycles. The minimum Gasteiger partial charge on any atom is -0.389 e. The number of aromatic nitrogens is 1. The Morgan fingerprint density at radius 1 is 1.41 bits per heavy atom. The summed E-state index contributed by atoms with van der Waals surface area (Å²) in [4.78, 5) is 4.21. The van der Waals surface area contributed by atoms with Gasteiger partial charge in [-0.2, -0.15) is 0 Å². The van der Waals surface area contributed by atoms with Crippen molar-refractivity contribution in [2.75, 3.05) is 0 Å². The predicted molar refractivity (Wildman–Crippen MR) is 67.6 cm³/mol. The summed E-state index contributed by atoms with van der Waals surface area (Å²) in [5.41, 5.74) is 0.903. The van der Waals surface area contributed by atoms with E-state index >= 15 is 0 Å². The van der Waals surface area contributed by atoms with Gasteiger partial charge < -0.3 is 5.11 Å². The topological polar surface area (TPSA) is 33.1 Å². The number of hydrogen-bond acceptors (Lipinski definition) is 2. The first-order valence-electron chi connectivity index (χ1n) is 6.59. The summed E-state index contributed by atoms with van der Waals surface area (Å²) in [5, 5.41) is 10.8. The second-order valence-corrected chi connectivity index (χ2v) is 6.46. The van der Waals surface area contributed by atoms with Crippen molar-refractivity contribution in [3.8, 4) is 0 Å². The van der Waals surface area contributed by atoms with Gasteiger partial charge in [0, 0.05) is 12.4 Å². The third-order valence-corrected chi connectivity index (χ3v) is 5.70. The van der Waals surface area contributed by atoms with Crippen LogP contribution in [0, 0.1) is 17.3 Å². The van der Waals surface area contributed by atoms with Crippen LogP contribution < -0.4 is 0 Å². The first-order chi connectivity index (χ1) is 7.97. The summed E-state index contributed by atoms with van der Waals surface area (Å²) in [7, 11) is 0. The van der Waals surface area contributed by atoms with E-state index in [1.807, 2.05) is 18.5 Å². The Morgan fingerprint density at radius 2 is 2.18 bits per heavy atom. The molecule has 0 radical (unpaired) electrons. The van der Waals surface area contributed by atoms with E-state index in [-0.39, 0.29) is 5.41 Å². The van der Waals surface area contributed by atoms with Crippen LogP contribution in [0.4, 0.5) is 0 Å². The lowest BCUT2D eigenvalue weighted by atomic mass is 9.40. The van der Waals surface area contributed by atoms with Crippen LogP contribution in [0.25, 0.3) is 0 Å². The Balaban J connectivity index is 1.93. The van der Waals surface area contributed by atoms with Crippen LogP contribution in [-0.2, 0) is 0 Å². The van der Waals surface area contributed by atoms with E-state index in [0.29, 0.717) is 17.8 Å². The molecule has 2 heteroatoms. The minimum absolute atomic E-state index is 0.0884. The van der Waals surface area contributed by atoms with E-state index in [1.165, 1.54) is 12.0 Å². The van der Waals surface area contributed by atoms with Gasteiger partial charge in [-0.05, 0) is 47.6 Å². The molecule has 3 aliphatic carbocycles. The van der Waals surface area contributed by atoms with Gasteiger partial charge in [-0.25, -0.2) is 0 Å². The molecular weight excluding hydrogens is 210 g/mol. The fourth-order valence-corrected chi connectivity index (χ4v) is 4.13. The zero-order chi connectivity index (χ0) is 12.3. The zero-order valence-electron chi connectivity index (χ0n) is 10.9. The molecule has 1 N–H and O–H groups in total. The first-order valence-corrected chi connectivity index (χ1v) is 6.59. The highest BCUT2D eigenvalue weighted by Gasteiger charge is 2.66. The zero-order valence-corrected chi connectivity index (χ0v) is 10.9. The number of hydrogen-bond donors (Lipinski definition) is 1. The minimum atomic E-state index is -0.476. The largest absolute Gasteiger partial charge is 0.389 e. The second-order valence-electron chi connectivity index (χ2n) is 6.46. The summed E-state index contributed by atoms with van der Waals surface area (Å²) >= 11 is 0. The molecule has 2 bridgehead atoms. The maximum atomic E-state index is 10.8. The number of aliphatic hydroxyl groups is 1. The van der Waals surface area contributed by atoms with Crippen molar-refractivity contribution in [1.29, 1.82) is 0 Å². The van der Waals surface area contributed by atoms with Crippen LogP contribution in [0.5, 0.6) is 0 Å². The van der Waals surface area contributed by atoms with Crippen molar-refractivity contribution in [2.45, 2.75) is 45.1 Å². The van der Waals surface area contributed by atoms with Crippen LogP contribution in [0.2, 0.25) is 0 Å². The van der Waals surface area contributed by atoms with Crippen LogP contribution in [0.15, 0.2) is 24.5 Å². The molecule has 0 aromatic carbocycles. The van der Waals surface area contributed by atoms with Crippen molar-refractivity contribution in [3.05, 3.63) is 30.1 Å². The molecule has 0 spiro atoms. The molecule has 17 heavy (non-hydrogen) atoms. The Kier molecular flexibility index (Phi) is 2.19. The average molecular weight is 231 g/mol. The lowest BCUT2D eigenvalue weighted by Gasteiger charge is -2.67. The third kappa shape index (κ3) is 1.28. The number of pyridine rings is 1. The van der Waals surface area contributed by atoms with Crippen molar-refractivity contribution < 1.29 is 5.11 Å². The van der Waals surface area contributed by atoms with E-state index in [2.05, 4.69) is 31.8 Å². The standard InChI is InChI=1S/C15H21NO/c1-10-13(11-5-4-6-16-9-11)7-12-8-15(10,17)14(12,2)3/h4-6,9-10,12-13,17H,7-8H2,1-3H3. The molecular formula is C15H21NO. The van der Waals surface area contributed by atoms with Gasteiger partial charge in [-0.15, -0.1) is 0 Å². The summed E-state index contributed by atoms with van der Waals surface area (Å²) in [6, 6.07) is 4.15. The van der Waals surface area contributed by atoms with Gasteiger partial charge in [0.15, 0.2) is 0 Å². The molecule has 0 saturated heterocycles. The molecule has 3 aliphatic rings. The van der Waals surface area contributed by atoms with Gasteiger partial charge in [0.05, 0.1) is 5.60 Å². The fourth-order valence-electron chi connectivity index (χ4n) is 4.13. The van der Waals surface area contributed by atoms with E-state index in [9.17, 15) is 5.11 Å². The summed E-state index contributed by atoms with van der Waals surface area (Å²) < 4.78 is 0. The van der Waals surface area contributed by atoms with Crippen molar-refractivity contribution in [3.63, 3.8) is 0 Å². The van der Waals surface area contributed by atoms with Gasteiger partial charge in [0.1, 0.15) is 0 Å². The summed E-state index contributed by atoms with van der Waals surface area (Å²) in [6.07, 6.45) is 5.96. The van der Waals surface area contributed by atoms with Crippen LogP contribution >= 0.6 is 0 Å². The van der Waals surface area contributed by atoms with Crippen LogP contribution in [-0.4, -0.2) is 15.7 Å². The molecule has 1 aromatic rings. The monoisotopic (exact) mass is 231 g/mol. The van der Waals surface area contributed by atoms with E-state index in [1.54, 1.807) is 0 Å². The van der Waals surface area contributed by atoms with Gasteiger partial charge in [-0.1, -0.05) is 26.8 Å². The smallest absolute Gasteiger partial charge is 0.0735 e. The normalized spacial score (nSPS) is 42.9. The number of nitrogens with zero attached hydrogens (tertiary/aromatic N) is 1. The quantitative estimate of drug-likeness (QED) is 0.806. The molecule has 4 atom stereocenters. The average Bonchev–Trinajstić information content (AvgIpc) is 2.33. The van der Waals surface area contributed by atoms with Crippen molar-refractivity contribution in [1.82, 2.24) is 4.98 Å². The molecule has 3 fully saturated rings. The third-order valence-electron chi connectivity index (χ3n) is 5.70. The Bertz CT molecular complexity index is 428. The van der Waals surface area contributed by atoms with E-state index < -0.39 is 5.60 Å². The van der Waals surface area contributed by atoms with Crippen molar-refractivity contribution in [2.24, 2.45) is 17.3 Å². The van der Waals surface area contributed by atoms with Gasteiger partial charge in [0.25, 0.3) is 0 Å². The number of fused-ring (bicyclic) bond motifs is 2. The maximum Gasteiger partial charge on any atom is 0.0735 e. The molecule has 4 unspecified atom stereocenters. The molecule has 92 valence electrons. The first kappa shape index (κ1) is 11.2. The Labute approximate surface area is 103 Å². The van der Waals surface area contributed by atoms with E-state index in [4.69, 9.17) is 0 Å². The second kappa shape index (κ2) is 3.32. The fraction of sp³-hybridized carbons (Fsp3) is 0.667. The van der Waals surface area contributed by atoms with Gasteiger partial charge >= 0.3 is 0 Å². The SMILES string of the molecule is CC1C(c2cccnc2)CC2CC1(O)C2(C)C. The lowest BCUT2D eigenvalue weighted by Crippen LogP contribution is -2.68. The van der Waals surface area contributed by atoms with E-state index in [0.717, 1.165) is 6.42 Å². The molecule has 0 aliphatic heterocycles. The molecule has 1 aromatic heterocycles. The lowest BCUT2D eigenvalue weighted by molar-refractivity contribution is -0.258. The van der Waals surface area contributed by atoms with Gasteiger partial charge in [-0.3, -0.25) is 4.98 Å². The Morgan fingerprint density at radius 3 is 2.76 bits per heavy atom. The summed E-state index contributed by atoms with van der Waals surface area (Å²) in [6.45, 7) is 6.64. The predicted octanol–water partition coefficient (Wildman–Crippen LogP) is 2.98. The molecule has 2 nitrogen and oxygen atoms in total. The molecule has 0 amide bonds. The highest BCUT2D eigenvalue weighted by molar-refractivity contribution is 5.26. The summed E-state index contributed by atoms with van der Waals surface area (Å²) in [5.74, 6) is 1.46. The van der Waals surface area contributed by atoms with Crippen molar-refractivity contribution >= 4 is 0 Å². The highest BCUT2D eigenvalue weighted by atomic mass is 16.3. The van der Waals surface area contributed by atoms with Crippen LogP contribution in [0.3, 0.4) is 0 Å². The molecule has 1 heterocycles. The molecule has 4 rings (SSSR count). The Hall–Kier alpha value is -0.890. The number of rotatable bonds is 1. The van der Waals surface area contributed by atoms with Gasteiger partial charge in [0.2, 0.25) is 0 Å².